The number of halogens is 2. The first-order valence-corrected chi connectivity index (χ1v) is 9.54. The van der Waals surface area contributed by atoms with Crippen LogP contribution in [0.3, 0.4) is 0 Å². The fourth-order valence-corrected chi connectivity index (χ4v) is 4.22. The Bertz CT molecular complexity index is 803. The molecule has 1 N–H and O–H groups in total. The average molecular weight is 367 g/mol. The van der Waals surface area contributed by atoms with Crippen LogP contribution in [0.25, 0.3) is 0 Å². The molecule has 1 fully saturated rings. The number of anilines is 1. The summed E-state index contributed by atoms with van der Waals surface area (Å²) in [6.07, 6.45) is 5.09. The van der Waals surface area contributed by atoms with E-state index < -0.39 is 26.6 Å². The third kappa shape index (κ3) is 4.13. The van der Waals surface area contributed by atoms with Crippen LogP contribution in [-0.2, 0) is 10.0 Å². The normalized spacial score (nSPS) is 16.2. The van der Waals surface area contributed by atoms with Crippen LogP contribution in [0.5, 0.6) is 0 Å². The van der Waals surface area contributed by atoms with Crippen molar-refractivity contribution in [3.05, 3.63) is 54.4 Å². The number of piperidine rings is 1. The molecule has 0 radical (unpaired) electrons. The third-order valence-electron chi connectivity index (χ3n) is 4.38. The molecule has 2 aromatic rings. The Labute approximate surface area is 145 Å². The zero-order valence-corrected chi connectivity index (χ0v) is 14.3. The molecule has 0 bridgehead atoms. The number of hydrogen-bond acceptors (Lipinski definition) is 4. The Kier molecular flexibility index (Phi) is 5.29. The molecule has 0 saturated carbocycles. The summed E-state index contributed by atoms with van der Waals surface area (Å²) in [5.41, 5.74) is 1.04. The van der Waals surface area contributed by atoms with Gasteiger partial charge in [0.05, 0.1) is 11.9 Å². The van der Waals surface area contributed by atoms with Crippen molar-refractivity contribution in [3.8, 4) is 0 Å². The number of pyridine rings is 1. The van der Waals surface area contributed by atoms with E-state index in [2.05, 4.69) is 14.6 Å². The van der Waals surface area contributed by atoms with Crippen LogP contribution in [0.15, 0.2) is 47.6 Å². The highest BCUT2D eigenvalue weighted by Gasteiger charge is 2.26. The van der Waals surface area contributed by atoms with Crippen molar-refractivity contribution in [2.45, 2.75) is 17.7 Å². The predicted octanol–water partition coefficient (Wildman–Crippen LogP) is 2.55. The van der Waals surface area contributed by atoms with E-state index in [1.165, 1.54) is 0 Å². The number of hydrogen-bond donors (Lipinski definition) is 1. The molecule has 2 heterocycles. The quantitative estimate of drug-likeness (QED) is 0.882. The van der Waals surface area contributed by atoms with E-state index in [1.807, 2.05) is 12.1 Å². The zero-order valence-electron chi connectivity index (χ0n) is 13.5. The van der Waals surface area contributed by atoms with Crippen molar-refractivity contribution in [1.82, 2.24) is 9.71 Å². The number of sulfonamides is 1. The van der Waals surface area contributed by atoms with Crippen LogP contribution >= 0.6 is 0 Å². The first-order chi connectivity index (χ1) is 12.0. The van der Waals surface area contributed by atoms with Crippen molar-refractivity contribution in [1.29, 1.82) is 0 Å². The van der Waals surface area contributed by atoms with E-state index in [9.17, 15) is 17.2 Å². The molecular formula is C17H19F2N3O2S. The second kappa shape index (κ2) is 7.45. The van der Waals surface area contributed by atoms with Gasteiger partial charge >= 0.3 is 0 Å². The Hall–Kier alpha value is -2.06. The van der Waals surface area contributed by atoms with E-state index in [0.29, 0.717) is 0 Å². The minimum absolute atomic E-state index is 0.123. The van der Waals surface area contributed by atoms with E-state index in [4.69, 9.17) is 0 Å². The van der Waals surface area contributed by atoms with Crippen LogP contribution in [0.1, 0.15) is 12.8 Å². The molecule has 0 aliphatic carbocycles. The molecule has 0 unspecified atom stereocenters. The zero-order chi connectivity index (χ0) is 17.9. The van der Waals surface area contributed by atoms with Gasteiger partial charge in [-0.15, -0.1) is 0 Å². The topological polar surface area (TPSA) is 62.3 Å². The van der Waals surface area contributed by atoms with E-state index >= 15 is 0 Å². The van der Waals surface area contributed by atoms with Crippen LogP contribution < -0.4 is 9.62 Å². The molecule has 3 rings (SSSR count). The summed E-state index contributed by atoms with van der Waals surface area (Å²) in [6.45, 7) is 1.73. The molecule has 0 spiro atoms. The lowest BCUT2D eigenvalue weighted by Gasteiger charge is -2.33. The van der Waals surface area contributed by atoms with Gasteiger partial charge in [0.1, 0.15) is 11.6 Å². The van der Waals surface area contributed by atoms with Crippen LogP contribution in [0.2, 0.25) is 0 Å². The predicted molar refractivity (Wildman–Crippen MR) is 90.7 cm³/mol. The molecule has 1 saturated heterocycles. The Balaban J connectivity index is 1.58. The lowest BCUT2D eigenvalue weighted by molar-refractivity contribution is 0.401. The highest BCUT2D eigenvalue weighted by molar-refractivity contribution is 7.89. The second-order valence-corrected chi connectivity index (χ2v) is 7.75. The number of rotatable bonds is 5. The maximum Gasteiger partial charge on any atom is 0.246 e. The van der Waals surface area contributed by atoms with Gasteiger partial charge in [-0.2, -0.15) is 0 Å². The summed E-state index contributed by atoms with van der Waals surface area (Å²) in [5.74, 6) is -2.05. The van der Waals surface area contributed by atoms with Gasteiger partial charge < -0.3 is 4.90 Å². The Morgan fingerprint density at radius 1 is 1.12 bits per heavy atom. The van der Waals surface area contributed by atoms with Gasteiger partial charge in [0.2, 0.25) is 10.0 Å². The fourth-order valence-electron chi connectivity index (χ4n) is 2.98. The summed E-state index contributed by atoms with van der Waals surface area (Å²) in [4.78, 5) is 5.37. The molecule has 1 aromatic heterocycles. The molecule has 0 atom stereocenters. The highest BCUT2D eigenvalue weighted by atomic mass is 32.2. The Morgan fingerprint density at radius 2 is 1.80 bits per heavy atom. The van der Waals surface area contributed by atoms with E-state index in [-0.39, 0.29) is 12.5 Å². The van der Waals surface area contributed by atoms with Crippen molar-refractivity contribution in [3.63, 3.8) is 0 Å². The highest BCUT2D eigenvalue weighted by Crippen LogP contribution is 2.23. The Morgan fingerprint density at radius 3 is 2.40 bits per heavy atom. The SMILES string of the molecule is O=S(=O)(NCC1CCN(c2cccnc2)CC1)c1c(F)cccc1F. The fraction of sp³-hybridized carbons (Fsp3) is 0.353. The lowest BCUT2D eigenvalue weighted by atomic mass is 9.97. The summed E-state index contributed by atoms with van der Waals surface area (Å²) >= 11 is 0. The maximum atomic E-state index is 13.7. The van der Waals surface area contributed by atoms with E-state index in [1.54, 1.807) is 12.4 Å². The van der Waals surface area contributed by atoms with Gasteiger partial charge in [0.25, 0.3) is 0 Å². The van der Waals surface area contributed by atoms with Crippen molar-refractivity contribution in [2.24, 2.45) is 5.92 Å². The number of nitrogens with one attached hydrogen (secondary N) is 1. The monoisotopic (exact) mass is 367 g/mol. The van der Waals surface area contributed by atoms with Crippen LogP contribution in [0.4, 0.5) is 14.5 Å². The lowest BCUT2D eigenvalue weighted by Crippen LogP contribution is -2.39. The summed E-state index contributed by atoms with van der Waals surface area (Å²) in [5, 5.41) is 0. The largest absolute Gasteiger partial charge is 0.370 e. The first-order valence-electron chi connectivity index (χ1n) is 8.06. The van der Waals surface area contributed by atoms with Gasteiger partial charge in [0.15, 0.2) is 4.90 Å². The molecule has 1 aliphatic rings. The van der Waals surface area contributed by atoms with Gasteiger partial charge in [0, 0.05) is 25.8 Å². The van der Waals surface area contributed by atoms with Gasteiger partial charge in [-0.25, -0.2) is 21.9 Å². The molecule has 25 heavy (non-hydrogen) atoms. The van der Waals surface area contributed by atoms with Gasteiger partial charge in [-0.1, -0.05) is 6.07 Å². The van der Waals surface area contributed by atoms with Crippen LogP contribution in [0, 0.1) is 17.6 Å². The van der Waals surface area contributed by atoms with E-state index in [0.717, 1.165) is 49.8 Å². The molecule has 5 nitrogen and oxygen atoms in total. The molecule has 134 valence electrons. The number of benzene rings is 1. The molecule has 0 amide bonds. The van der Waals surface area contributed by atoms with Crippen LogP contribution in [-0.4, -0.2) is 33.0 Å². The molecule has 1 aromatic carbocycles. The van der Waals surface area contributed by atoms with Gasteiger partial charge in [-0.05, 0) is 43.0 Å². The van der Waals surface area contributed by atoms with Crippen molar-refractivity contribution in [2.75, 3.05) is 24.5 Å². The summed E-state index contributed by atoms with van der Waals surface area (Å²) in [6, 6.07) is 6.86. The van der Waals surface area contributed by atoms with Crippen molar-refractivity contribution < 1.29 is 17.2 Å². The third-order valence-corrected chi connectivity index (χ3v) is 5.85. The smallest absolute Gasteiger partial charge is 0.246 e. The number of aromatic nitrogens is 1. The second-order valence-electron chi connectivity index (χ2n) is 6.04. The number of nitrogens with zero attached hydrogens (tertiary/aromatic N) is 2. The molecular weight excluding hydrogens is 348 g/mol. The minimum Gasteiger partial charge on any atom is -0.370 e. The first kappa shape index (κ1) is 17.8. The average Bonchev–Trinajstić information content (AvgIpc) is 2.61. The standard InChI is InChI=1S/C17H19F2N3O2S/c18-15-4-1-5-16(19)17(15)25(23,24)21-11-13-6-9-22(10-7-13)14-3-2-8-20-12-14/h1-5,8,12-13,21H,6-7,9-11H2. The van der Waals surface area contributed by atoms with Gasteiger partial charge in [-0.3, -0.25) is 4.98 Å². The summed E-state index contributed by atoms with van der Waals surface area (Å²) in [7, 11) is -4.21. The maximum absolute atomic E-state index is 13.7. The molecule has 8 heteroatoms. The van der Waals surface area contributed by atoms with Crippen molar-refractivity contribution >= 4 is 15.7 Å². The summed E-state index contributed by atoms with van der Waals surface area (Å²) < 4.78 is 54.1. The minimum atomic E-state index is -4.21. The molecule has 1 aliphatic heterocycles.